The minimum Gasteiger partial charge on any atom is -0.397 e. The van der Waals surface area contributed by atoms with Gasteiger partial charge >= 0.3 is 0 Å². The lowest BCUT2D eigenvalue weighted by Gasteiger charge is -2.23. The van der Waals surface area contributed by atoms with Gasteiger partial charge in [-0.05, 0) is 46.3 Å². The maximum atomic E-state index is 12.6. The molecule has 0 heterocycles. The van der Waals surface area contributed by atoms with Crippen molar-refractivity contribution in [3.8, 4) is 0 Å². The van der Waals surface area contributed by atoms with Gasteiger partial charge in [-0.25, -0.2) is 0 Å². The number of carbonyl (C=O) groups excluding carboxylic acids is 1. The van der Waals surface area contributed by atoms with Crippen LogP contribution in [0, 0.1) is 0 Å². The van der Waals surface area contributed by atoms with E-state index < -0.39 is 0 Å². The molecular weight excluding hydrogens is 356 g/mol. The summed E-state index contributed by atoms with van der Waals surface area (Å²) in [6.45, 7) is -0.00886. The Hall–Kier alpha value is -1.56. The van der Waals surface area contributed by atoms with E-state index in [0.717, 1.165) is 0 Å². The molecule has 0 saturated carbocycles. The molecule has 4 nitrogen and oxygen atoms in total. The number of carbonyl (C=O) groups is 1. The predicted molar refractivity (Wildman–Crippen MR) is 88.8 cm³/mol. The van der Waals surface area contributed by atoms with E-state index in [2.05, 4.69) is 15.9 Å². The SMILES string of the molecule is Nc1ccccc1N(CCO)C(=O)c1ccc(Br)c(Cl)c1. The molecule has 0 bridgehead atoms. The number of halogens is 2. The van der Waals surface area contributed by atoms with Crippen LogP contribution >= 0.6 is 27.5 Å². The van der Waals surface area contributed by atoms with Gasteiger partial charge in [-0.3, -0.25) is 4.79 Å². The molecule has 0 radical (unpaired) electrons. The Morgan fingerprint density at radius 1 is 1.29 bits per heavy atom. The summed E-state index contributed by atoms with van der Waals surface area (Å²) in [5.41, 5.74) is 7.38. The Morgan fingerprint density at radius 3 is 2.62 bits per heavy atom. The molecule has 2 aromatic carbocycles. The Labute approximate surface area is 136 Å². The number of hydrogen-bond donors (Lipinski definition) is 2. The van der Waals surface area contributed by atoms with Crippen molar-refractivity contribution in [2.24, 2.45) is 0 Å². The van der Waals surface area contributed by atoms with Crippen molar-refractivity contribution in [1.82, 2.24) is 0 Å². The summed E-state index contributed by atoms with van der Waals surface area (Å²) in [7, 11) is 0. The Morgan fingerprint density at radius 2 is 2.00 bits per heavy atom. The van der Waals surface area contributed by atoms with Crippen molar-refractivity contribution < 1.29 is 9.90 Å². The van der Waals surface area contributed by atoms with Crippen LogP contribution in [0.15, 0.2) is 46.9 Å². The summed E-state index contributed by atoms with van der Waals surface area (Å²) >= 11 is 9.31. The Kier molecular flexibility index (Phi) is 5.22. The van der Waals surface area contributed by atoms with E-state index >= 15 is 0 Å². The third-order valence-electron chi connectivity index (χ3n) is 2.96. The average molecular weight is 370 g/mol. The number of benzene rings is 2. The first-order valence-corrected chi connectivity index (χ1v) is 7.44. The van der Waals surface area contributed by atoms with Gasteiger partial charge in [-0.1, -0.05) is 23.7 Å². The molecule has 6 heteroatoms. The lowest BCUT2D eigenvalue weighted by Crippen LogP contribution is -2.34. The number of anilines is 2. The third kappa shape index (κ3) is 3.56. The van der Waals surface area contributed by atoms with E-state index in [1.807, 2.05) is 0 Å². The molecule has 0 spiro atoms. The first-order valence-electron chi connectivity index (χ1n) is 6.27. The summed E-state index contributed by atoms with van der Waals surface area (Å²) < 4.78 is 0.716. The van der Waals surface area contributed by atoms with Crippen molar-refractivity contribution >= 4 is 44.8 Å². The van der Waals surface area contributed by atoms with Crippen molar-refractivity contribution in [1.29, 1.82) is 0 Å². The van der Waals surface area contributed by atoms with Gasteiger partial charge in [0, 0.05) is 16.6 Å². The molecule has 0 unspecified atom stereocenters. The number of aliphatic hydroxyl groups is 1. The highest BCUT2D eigenvalue weighted by Gasteiger charge is 2.19. The number of nitrogens with two attached hydrogens (primary N) is 1. The minimum absolute atomic E-state index is 0.154. The van der Waals surface area contributed by atoms with Crippen LogP contribution in [0.4, 0.5) is 11.4 Å². The largest absolute Gasteiger partial charge is 0.397 e. The highest BCUT2D eigenvalue weighted by Crippen LogP contribution is 2.27. The quantitative estimate of drug-likeness (QED) is 0.812. The molecule has 0 fully saturated rings. The molecule has 0 aromatic heterocycles. The summed E-state index contributed by atoms with van der Waals surface area (Å²) in [4.78, 5) is 14.1. The van der Waals surface area contributed by atoms with Crippen molar-refractivity contribution in [3.05, 3.63) is 57.5 Å². The van der Waals surface area contributed by atoms with Gasteiger partial charge < -0.3 is 15.7 Å². The zero-order valence-electron chi connectivity index (χ0n) is 11.1. The van der Waals surface area contributed by atoms with Gasteiger partial charge in [0.2, 0.25) is 0 Å². The highest BCUT2D eigenvalue weighted by atomic mass is 79.9. The molecule has 21 heavy (non-hydrogen) atoms. The fraction of sp³-hybridized carbons (Fsp3) is 0.133. The normalized spacial score (nSPS) is 10.4. The second-order valence-electron chi connectivity index (χ2n) is 4.37. The summed E-state index contributed by atoms with van der Waals surface area (Å²) in [6, 6.07) is 12.0. The minimum atomic E-state index is -0.267. The lowest BCUT2D eigenvalue weighted by atomic mass is 10.1. The molecule has 0 aliphatic rings. The predicted octanol–water partition coefficient (Wildman–Crippen LogP) is 3.32. The van der Waals surface area contributed by atoms with Gasteiger partial charge in [0.15, 0.2) is 0 Å². The van der Waals surface area contributed by atoms with Crippen molar-refractivity contribution in [2.45, 2.75) is 0 Å². The monoisotopic (exact) mass is 368 g/mol. The molecular formula is C15H14BrClN2O2. The Bertz CT molecular complexity index is 664. The van der Waals surface area contributed by atoms with E-state index in [1.165, 1.54) is 4.90 Å². The smallest absolute Gasteiger partial charge is 0.258 e. The van der Waals surface area contributed by atoms with E-state index in [1.54, 1.807) is 42.5 Å². The topological polar surface area (TPSA) is 66.6 Å². The number of nitrogens with zero attached hydrogens (tertiary/aromatic N) is 1. The lowest BCUT2D eigenvalue weighted by molar-refractivity contribution is 0.0981. The van der Waals surface area contributed by atoms with Crippen molar-refractivity contribution in [3.63, 3.8) is 0 Å². The van der Waals surface area contributed by atoms with Crippen LogP contribution in [0.2, 0.25) is 5.02 Å². The first kappa shape index (κ1) is 15.8. The van der Waals surface area contributed by atoms with Crippen LogP contribution < -0.4 is 10.6 Å². The zero-order valence-corrected chi connectivity index (χ0v) is 13.4. The fourth-order valence-corrected chi connectivity index (χ4v) is 2.38. The molecule has 2 rings (SSSR count). The summed E-state index contributed by atoms with van der Waals surface area (Å²) in [6.07, 6.45) is 0. The number of aliphatic hydroxyl groups excluding tert-OH is 1. The molecule has 2 aromatic rings. The molecule has 0 aliphatic carbocycles. The van der Waals surface area contributed by atoms with E-state index in [4.69, 9.17) is 17.3 Å². The van der Waals surface area contributed by atoms with E-state index in [-0.39, 0.29) is 19.1 Å². The van der Waals surface area contributed by atoms with Gasteiger partial charge in [0.05, 0.1) is 23.0 Å². The number of hydrogen-bond acceptors (Lipinski definition) is 3. The second kappa shape index (κ2) is 6.93. The molecule has 1 amide bonds. The van der Waals surface area contributed by atoms with Crippen LogP contribution in [0.1, 0.15) is 10.4 Å². The van der Waals surface area contributed by atoms with Gasteiger partial charge in [0.25, 0.3) is 5.91 Å². The van der Waals surface area contributed by atoms with Crippen LogP contribution in [-0.4, -0.2) is 24.2 Å². The Balaban J connectivity index is 2.40. The molecule has 3 N–H and O–H groups in total. The van der Waals surface area contributed by atoms with E-state index in [9.17, 15) is 9.90 Å². The van der Waals surface area contributed by atoms with E-state index in [0.29, 0.717) is 26.4 Å². The number of rotatable bonds is 4. The van der Waals surface area contributed by atoms with Crippen LogP contribution in [0.5, 0.6) is 0 Å². The van der Waals surface area contributed by atoms with Crippen LogP contribution in [-0.2, 0) is 0 Å². The number of amides is 1. The number of nitrogen functional groups attached to an aromatic ring is 1. The fourth-order valence-electron chi connectivity index (χ4n) is 1.95. The number of para-hydroxylation sites is 2. The molecule has 110 valence electrons. The first-order chi connectivity index (χ1) is 10.0. The molecule has 0 aliphatic heterocycles. The maximum absolute atomic E-state index is 12.6. The highest BCUT2D eigenvalue weighted by molar-refractivity contribution is 9.10. The standard InChI is InChI=1S/C15H14BrClN2O2/c16-11-6-5-10(9-12(11)17)15(21)19(7-8-20)14-4-2-1-3-13(14)18/h1-6,9,20H,7-8,18H2. The van der Waals surface area contributed by atoms with Crippen LogP contribution in [0.3, 0.4) is 0 Å². The van der Waals surface area contributed by atoms with Crippen molar-refractivity contribution in [2.75, 3.05) is 23.8 Å². The average Bonchev–Trinajstić information content (AvgIpc) is 2.48. The van der Waals surface area contributed by atoms with Crippen LogP contribution in [0.25, 0.3) is 0 Å². The maximum Gasteiger partial charge on any atom is 0.258 e. The molecule has 0 saturated heterocycles. The summed E-state index contributed by atoms with van der Waals surface area (Å²) in [5.74, 6) is -0.267. The van der Waals surface area contributed by atoms with Gasteiger partial charge in [-0.15, -0.1) is 0 Å². The molecule has 0 atom stereocenters. The van der Waals surface area contributed by atoms with Gasteiger partial charge in [-0.2, -0.15) is 0 Å². The second-order valence-corrected chi connectivity index (χ2v) is 5.63. The third-order valence-corrected chi connectivity index (χ3v) is 4.20. The van der Waals surface area contributed by atoms with Gasteiger partial charge in [0.1, 0.15) is 0 Å². The summed E-state index contributed by atoms with van der Waals surface area (Å²) in [5, 5.41) is 9.66. The zero-order chi connectivity index (χ0) is 15.4.